The summed E-state index contributed by atoms with van der Waals surface area (Å²) in [6, 6.07) is 6.00. The lowest BCUT2D eigenvalue weighted by molar-refractivity contribution is -0.128. The smallest absolute Gasteiger partial charge is 0.340 e. The van der Waals surface area contributed by atoms with E-state index in [1.54, 1.807) is 45.0 Å². The molecule has 0 fully saturated rings. The molecule has 1 rings (SSSR count). The van der Waals surface area contributed by atoms with E-state index in [1.165, 1.54) is 25.6 Å². The van der Waals surface area contributed by atoms with Crippen LogP contribution < -0.4 is 10.6 Å². The van der Waals surface area contributed by atoms with Gasteiger partial charge in [-0.2, -0.15) is 0 Å². The number of imide groups is 1. The minimum Gasteiger partial charge on any atom is -0.449 e. The number of ether oxygens (including phenoxy) is 1. The lowest BCUT2D eigenvalue weighted by atomic mass is 10.1. The van der Waals surface area contributed by atoms with E-state index in [9.17, 15) is 19.2 Å². The second kappa shape index (κ2) is 9.38. The second-order valence-electron chi connectivity index (χ2n) is 6.73. The Morgan fingerprint density at radius 2 is 1.77 bits per heavy atom. The number of hydrogen-bond donors (Lipinski definition) is 2. The van der Waals surface area contributed by atoms with Crippen LogP contribution in [-0.2, 0) is 14.3 Å². The maximum absolute atomic E-state index is 12.3. The fourth-order valence-electron chi connectivity index (χ4n) is 1.80. The molecule has 0 spiro atoms. The van der Waals surface area contributed by atoms with Crippen molar-refractivity contribution in [3.05, 3.63) is 29.8 Å². The van der Waals surface area contributed by atoms with Gasteiger partial charge < -0.3 is 10.1 Å². The van der Waals surface area contributed by atoms with Crippen molar-refractivity contribution in [1.82, 2.24) is 10.6 Å². The summed E-state index contributed by atoms with van der Waals surface area (Å²) in [7, 11) is 0. The van der Waals surface area contributed by atoms with Gasteiger partial charge in [0.1, 0.15) is 5.78 Å². The van der Waals surface area contributed by atoms with Crippen LogP contribution in [0, 0.1) is 0 Å². The Bertz CT molecular complexity index is 697. The highest BCUT2D eigenvalue weighted by Gasteiger charge is 2.23. The number of thioether (sulfide) groups is 1. The molecule has 142 valence electrons. The van der Waals surface area contributed by atoms with Crippen LogP contribution in [0.5, 0.6) is 0 Å². The maximum atomic E-state index is 12.3. The highest BCUT2D eigenvalue weighted by atomic mass is 32.2. The zero-order valence-corrected chi connectivity index (χ0v) is 16.4. The van der Waals surface area contributed by atoms with Crippen molar-refractivity contribution in [1.29, 1.82) is 0 Å². The molecule has 0 aliphatic carbocycles. The standard InChI is InChI=1S/C18H24N2O5S/c1-11(21)10-26-14-9-7-6-8-13(14)16(23)25-12(2)15(22)19-17(24)20-18(3,4)5/h6-9,12H,10H2,1-5H3,(H2,19,20,22,24)/t12-/m1/s1. The van der Waals surface area contributed by atoms with Crippen LogP contribution in [-0.4, -0.2) is 41.1 Å². The molecular formula is C18H24N2O5S. The SMILES string of the molecule is CC(=O)CSc1ccccc1C(=O)O[C@H](C)C(=O)NC(=O)NC(C)(C)C. The Morgan fingerprint density at radius 1 is 1.15 bits per heavy atom. The molecule has 0 radical (unpaired) electrons. The summed E-state index contributed by atoms with van der Waals surface area (Å²) >= 11 is 1.22. The van der Waals surface area contributed by atoms with Crippen LogP contribution in [0.2, 0.25) is 0 Å². The van der Waals surface area contributed by atoms with Crippen LogP contribution in [0.15, 0.2) is 29.2 Å². The Kier molecular flexibility index (Phi) is 7.82. The summed E-state index contributed by atoms with van der Waals surface area (Å²) in [4.78, 5) is 47.8. The molecule has 0 bridgehead atoms. The normalized spacial score (nSPS) is 12.0. The minimum absolute atomic E-state index is 0.0178. The number of nitrogens with one attached hydrogen (secondary N) is 2. The van der Waals surface area contributed by atoms with Gasteiger partial charge in [-0.15, -0.1) is 11.8 Å². The maximum Gasteiger partial charge on any atom is 0.340 e. The summed E-state index contributed by atoms with van der Waals surface area (Å²) in [6.07, 6.45) is -1.15. The number of rotatable bonds is 6. The molecule has 0 aromatic heterocycles. The molecule has 0 unspecified atom stereocenters. The minimum atomic E-state index is -1.15. The van der Waals surface area contributed by atoms with Crippen molar-refractivity contribution in [3.63, 3.8) is 0 Å². The first-order valence-corrected chi connectivity index (χ1v) is 9.03. The molecule has 0 saturated heterocycles. The van der Waals surface area contributed by atoms with Crippen LogP contribution in [0.1, 0.15) is 45.0 Å². The number of amides is 3. The largest absolute Gasteiger partial charge is 0.449 e. The van der Waals surface area contributed by atoms with E-state index < -0.39 is 29.6 Å². The monoisotopic (exact) mass is 380 g/mol. The highest BCUT2D eigenvalue weighted by molar-refractivity contribution is 8.00. The summed E-state index contributed by atoms with van der Waals surface area (Å²) in [6.45, 7) is 8.16. The van der Waals surface area contributed by atoms with E-state index in [0.717, 1.165) is 0 Å². The molecule has 1 atom stereocenters. The summed E-state index contributed by atoms with van der Waals surface area (Å²) in [5.74, 6) is -1.21. The third-order valence-corrected chi connectivity index (χ3v) is 4.13. The van der Waals surface area contributed by atoms with Gasteiger partial charge in [0.25, 0.3) is 5.91 Å². The predicted molar refractivity (Wildman–Crippen MR) is 99.2 cm³/mol. The first-order valence-electron chi connectivity index (χ1n) is 8.05. The molecular weight excluding hydrogens is 356 g/mol. The highest BCUT2D eigenvalue weighted by Crippen LogP contribution is 2.23. The van der Waals surface area contributed by atoms with E-state index in [2.05, 4.69) is 10.6 Å². The third kappa shape index (κ3) is 7.69. The molecule has 0 heterocycles. The zero-order chi connectivity index (χ0) is 19.9. The molecule has 3 amide bonds. The topological polar surface area (TPSA) is 102 Å². The van der Waals surface area contributed by atoms with Crippen molar-refractivity contribution in [3.8, 4) is 0 Å². The van der Waals surface area contributed by atoms with Gasteiger partial charge in [0.15, 0.2) is 6.10 Å². The fraction of sp³-hybridized carbons (Fsp3) is 0.444. The lowest BCUT2D eigenvalue weighted by Gasteiger charge is -2.21. The van der Waals surface area contributed by atoms with Crippen LogP contribution in [0.25, 0.3) is 0 Å². The molecule has 2 N–H and O–H groups in total. The Labute approximate surface area is 157 Å². The number of ketones is 1. The van der Waals surface area contributed by atoms with Gasteiger partial charge in [-0.1, -0.05) is 12.1 Å². The number of Topliss-reactive ketones (excluding diaryl/α,β-unsaturated/α-hetero) is 1. The summed E-state index contributed by atoms with van der Waals surface area (Å²) < 4.78 is 5.15. The molecule has 1 aromatic carbocycles. The van der Waals surface area contributed by atoms with Crippen molar-refractivity contribution >= 4 is 35.5 Å². The van der Waals surface area contributed by atoms with Crippen LogP contribution >= 0.6 is 11.8 Å². The lowest BCUT2D eigenvalue weighted by Crippen LogP contribution is -2.50. The number of carbonyl (C=O) groups is 4. The predicted octanol–water partition coefficient (Wildman–Crippen LogP) is 2.54. The van der Waals surface area contributed by atoms with Crippen molar-refractivity contribution < 1.29 is 23.9 Å². The average Bonchev–Trinajstić information content (AvgIpc) is 2.51. The third-order valence-electron chi connectivity index (χ3n) is 2.92. The molecule has 8 heteroatoms. The summed E-state index contributed by atoms with van der Waals surface area (Å²) in [5, 5.41) is 4.71. The van der Waals surface area contributed by atoms with E-state index >= 15 is 0 Å². The Morgan fingerprint density at radius 3 is 2.35 bits per heavy atom. The van der Waals surface area contributed by atoms with Gasteiger partial charge in [-0.3, -0.25) is 14.9 Å². The molecule has 26 heavy (non-hydrogen) atoms. The van der Waals surface area contributed by atoms with Crippen molar-refractivity contribution in [2.45, 2.75) is 51.2 Å². The van der Waals surface area contributed by atoms with Crippen LogP contribution in [0.4, 0.5) is 4.79 Å². The van der Waals surface area contributed by atoms with E-state index in [4.69, 9.17) is 4.74 Å². The molecule has 0 saturated carbocycles. The number of hydrogen-bond acceptors (Lipinski definition) is 6. The quantitative estimate of drug-likeness (QED) is 0.581. The van der Waals surface area contributed by atoms with Gasteiger partial charge in [0, 0.05) is 10.4 Å². The fourth-order valence-corrected chi connectivity index (χ4v) is 2.64. The van der Waals surface area contributed by atoms with E-state index in [-0.39, 0.29) is 17.1 Å². The van der Waals surface area contributed by atoms with Crippen molar-refractivity contribution in [2.75, 3.05) is 5.75 Å². The number of urea groups is 1. The van der Waals surface area contributed by atoms with Crippen molar-refractivity contribution in [2.24, 2.45) is 0 Å². The Hall–Kier alpha value is -2.35. The van der Waals surface area contributed by atoms with E-state index in [0.29, 0.717) is 4.90 Å². The first kappa shape index (κ1) is 21.7. The van der Waals surface area contributed by atoms with Gasteiger partial charge in [0.2, 0.25) is 0 Å². The molecule has 0 aliphatic heterocycles. The molecule has 1 aromatic rings. The van der Waals surface area contributed by atoms with Gasteiger partial charge in [-0.25, -0.2) is 9.59 Å². The second-order valence-corrected chi connectivity index (χ2v) is 7.74. The number of benzene rings is 1. The zero-order valence-electron chi connectivity index (χ0n) is 15.5. The Balaban J connectivity index is 2.71. The summed E-state index contributed by atoms with van der Waals surface area (Å²) in [5.41, 5.74) is -0.241. The van der Waals surface area contributed by atoms with Gasteiger partial charge in [0.05, 0.1) is 11.3 Å². The number of carbonyl (C=O) groups excluding carboxylic acids is 4. The first-order chi connectivity index (χ1) is 12.0. The average molecular weight is 380 g/mol. The molecule has 7 nitrogen and oxygen atoms in total. The molecule has 0 aliphatic rings. The van der Waals surface area contributed by atoms with Gasteiger partial charge >= 0.3 is 12.0 Å². The number of esters is 1. The van der Waals surface area contributed by atoms with E-state index in [1.807, 2.05) is 0 Å². The van der Waals surface area contributed by atoms with Crippen LogP contribution in [0.3, 0.4) is 0 Å². The van der Waals surface area contributed by atoms with Gasteiger partial charge in [-0.05, 0) is 46.8 Å².